The summed E-state index contributed by atoms with van der Waals surface area (Å²) in [6.07, 6.45) is 4.99. The summed E-state index contributed by atoms with van der Waals surface area (Å²) in [6, 6.07) is 9.68. The van der Waals surface area contributed by atoms with Crippen molar-refractivity contribution < 1.29 is 14.8 Å². The number of anilines is 1. The van der Waals surface area contributed by atoms with Gasteiger partial charge in [0.2, 0.25) is 0 Å². The molecule has 0 spiro atoms. The molecular formula is C19H15ClN2O4. The first-order valence-corrected chi connectivity index (χ1v) is 8.58. The molecule has 2 aromatic carbocycles. The fourth-order valence-electron chi connectivity index (χ4n) is 3.91. The molecule has 7 heteroatoms. The number of hydrogen-bond donors (Lipinski definition) is 2. The lowest BCUT2D eigenvalue weighted by atomic mass is 9.77. The fraction of sp³-hybridized carbons (Fsp3) is 0.211. The molecule has 1 aliphatic heterocycles. The zero-order chi connectivity index (χ0) is 18.4. The molecule has 0 saturated carbocycles. The number of rotatable bonds is 3. The summed E-state index contributed by atoms with van der Waals surface area (Å²) >= 11 is 6.33. The number of carboxylic acid groups (broad SMARTS) is 1. The highest BCUT2D eigenvalue weighted by atomic mass is 35.5. The normalized spacial score (nSPS) is 23.0. The van der Waals surface area contributed by atoms with Crippen LogP contribution in [0.3, 0.4) is 0 Å². The fourth-order valence-corrected chi connectivity index (χ4v) is 4.18. The van der Waals surface area contributed by atoms with Crippen molar-refractivity contribution in [3.63, 3.8) is 0 Å². The molecule has 0 amide bonds. The van der Waals surface area contributed by atoms with Crippen LogP contribution in [-0.4, -0.2) is 16.0 Å². The molecule has 2 aromatic rings. The molecule has 0 bridgehead atoms. The molecule has 3 atom stereocenters. The van der Waals surface area contributed by atoms with Crippen LogP contribution in [0.5, 0.6) is 0 Å². The molecule has 6 nitrogen and oxygen atoms in total. The molecule has 0 unspecified atom stereocenters. The van der Waals surface area contributed by atoms with Crippen LogP contribution >= 0.6 is 11.6 Å². The van der Waals surface area contributed by atoms with Crippen LogP contribution in [0.1, 0.15) is 39.9 Å². The number of nitrogens with one attached hydrogen (secondary N) is 1. The van der Waals surface area contributed by atoms with Gasteiger partial charge in [0, 0.05) is 18.1 Å². The van der Waals surface area contributed by atoms with Crippen LogP contribution in [0.15, 0.2) is 48.6 Å². The summed E-state index contributed by atoms with van der Waals surface area (Å²) in [5.41, 5.74) is 2.73. The number of halogens is 1. The quantitative estimate of drug-likeness (QED) is 0.461. The highest BCUT2D eigenvalue weighted by Crippen LogP contribution is 2.52. The van der Waals surface area contributed by atoms with E-state index < -0.39 is 10.9 Å². The van der Waals surface area contributed by atoms with Crippen LogP contribution in [-0.2, 0) is 0 Å². The van der Waals surface area contributed by atoms with Crippen molar-refractivity contribution in [1.82, 2.24) is 0 Å². The Morgan fingerprint density at radius 1 is 1.27 bits per heavy atom. The Hall–Kier alpha value is -2.86. The van der Waals surface area contributed by atoms with Crippen molar-refractivity contribution in [1.29, 1.82) is 0 Å². The third-order valence-corrected chi connectivity index (χ3v) is 5.43. The van der Waals surface area contributed by atoms with Gasteiger partial charge in [-0.3, -0.25) is 10.1 Å². The van der Waals surface area contributed by atoms with Crippen molar-refractivity contribution in [2.75, 3.05) is 5.32 Å². The van der Waals surface area contributed by atoms with E-state index in [0.717, 1.165) is 17.5 Å². The summed E-state index contributed by atoms with van der Waals surface area (Å²) in [5.74, 6) is -0.738. The van der Waals surface area contributed by atoms with Crippen molar-refractivity contribution in [2.24, 2.45) is 5.92 Å². The Kier molecular flexibility index (Phi) is 3.92. The lowest BCUT2D eigenvalue weighted by molar-refractivity contribution is -0.384. The van der Waals surface area contributed by atoms with Crippen molar-refractivity contribution in [3.05, 3.63) is 80.4 Å². The molecular weight excluding hydrogens is 356 g/mol. The Balaban J connectivity index is 1.77. The number of nitrogens with zero attached hydrogens (tertiary/aromatic N) is 1. The number of fused-ring (bicyclic) bond motifs is 3. The molecule has 1 aliphatic carbocycles. The van der Waals surface area contributed by atoms with Gasteiger partial charge in [-0.25, -0.2) is 4.79 Å². The number of nitro benzene ring substituents is 1. The average Bonchev–Trinajstić information content (AvgIpc) is 3.11. The third kappa shape index (κ3) is 2.63. The zero-order valence-electron chi connectivity index (χ0n) is 13.6. The van der Waals surface area contributed by atoms with E-state index in [0.29, 0.717) is 10.7 Å². The molecule has 2 N–H and O–H groups in total. The molecule has 26 heavy (non-hydrogen) atoms. The third-order valence-electron chi connectivity index (χ3n) is 5.13. The number of nitro groups is 1. The molecule has 0 aromatic heterocycles. The zero-order valence-corrected chi connectivity index (χ0v) is 14.3. The molecule has 4 rings (SSSR count). The molecule has 2 aliphatic rings. The largest absolute Gasteiger partial charge is 0.478 e. The molecule has 0 saturated heterocycles. The van der Waals surface area contributed by atoms with Crippen LogP contribution in [0, 0.1) is 16.0 Å². The first kappa shape index (κ1) is 16.6. The van der Waals surface area contributed by atoms with Gasteiger partial charge in [-0.05, 0) is 35.6 Å². The second-order valence-electron chi connectivity index (χ2n) is 6.55. The van der Waals surface area contributed by atoms with Crippen LogP contribution in [0.2, 0.25) is 5.02 Å². The average molecular weight is 371 g/mol. The van der Waals surface area contributed by atoms with Gasteiger partial charge in [-0.15, -0.1) is 0 Å². The standard InChI is InChI=1S/C19H15ClN2O4/c20-16-9-12(22(25)26)8-15-13-2-1-3-14(13)17(21-18(15)16)10-4-6-11(7-5-10)19(23)24/h1-2,4-9,13-14,17,21H,3H2,(H,23,24)/t13-,14-,17+/m1/s1. The Bertz CT molecular complexity index is 939. The van der Waals surface area contributed by atoms with E-state index in [1.165, 1.54) is 6.07 Å². The van der Waals surface area contributed by atoms with E-state index in [4.69, 9.17) is 16.7 Å². The summed E-state index contributed by atoms with van der Waals surface area (Å²) < 4.78 is 0. The monoisotopic (exact) mass is 370 g/mol. The Morgan fingerprint density at radius 2 is 2.00 bits per heavy atom. The van der Waals surface area contributed by atoms with Crippen LogP contribution < -0.4 is 5.32 Å². The van der Waals surface area contributed by atoms with Gasteiger partial charge in [0.05, 0.1) is 27.2 Å². The summed E-state index contributed by atoms with van der Waals surface area (Å²) in [5, 5.41) is 24.0. The van der Waals surface area contributed by atoms with E-state index in [1.807, 2.05) is 0 Å². The number of non-ortho nitro benzene ring substituents is 1. The van der Waals surface area contributed by atoms with E-state index in [2.05, 4.69) is 17.5 Å². The van der Waals surface area contributed by atoms with Crippen molar-refractivity contribution in [2.45, 2.75) is 18.4 Å². The van der Waals surface area contributed by atoms with E-state index in [1.54, 1.807) is 30.3 Å². The van der Waals surface area contributed by atoms with Gasteiger partial charge in [0.25, 0.3) is 5.69 Å². The summed E-state index contributed by atoms with van der Waals surface area (Å²) in [4.78, 5) is 21.8. The minimum absolute atomic E-state index is 0.0149. The van der Waals surface area contributed by atoms with Gasteiger partial charge >= 0.3 is 5.97 Å². The van der Waals surface area contributed by atoms with Crippen molar-refractivity contribution in [3.8, 4) is 0 Å². The van der Waals surface area contributed by atoms with E-state index in [9.17, 15) is 14.9 Å². The lowest BCUT2D eigenvalue weighted by Gasteiger charge is -2.37. The number of hydrogen-bond acceptors (Lipinski definition) is 4. The van der Waals surface area contributed by atoms with E-state index >= 15 is 0 Å². The van der Waals surface area contributed by atoms with Gasteiger partial charge in [0.15, 0.2) is 0 Å². The highest BCUT2D eigenvalue weighted by Gasteiger charge is 2.39. The number of allylic oxidation sites excluding steroid dienone is 2. The molecule has 0 radical (unpaired) electrons. The predicted molar refractivity (Wildman–Crippen MR) is 97.9 cm³/mol. The maximum absolute atomic E-state index is 11.2. The lowest BCUT2D eigenvalue weighted by Crippen LogP contribution is -2.29. The molecule has 1 heterocycles. The second kappa shape index (κ2) is 6.14. The number of aromatic carboxylic acids is 1. The highest BCUT2D eigenvalue weighted by molar-refractivity contribution is 6.33. The summed E-state index contributed by atoms with van der Waals surface area (Å²) in [6.45, 7) is 0. The first-order valence-electron chi connectivity index (χ1n) is 8.20. The first-order chi connectivity index (χ1) is 12.5. The van der Waals surface area contributed by atoms with Gasteiger partial charge in [-0.2, -0.15) is 0 Å². The summed E-state index contributed by atoms with van der Waals surface area (Å²) in [7, 11) is 0. The molecule has 132 valence electrons. The number of carboxylic acids is 1. The van der Waals surface area contributed by atoms with Gasteiger partial charge in [0.1, 0.15) is 0 Å². The maximum Gasteiger partial charge on any atom is 0.335 e. The van der Waals surface area contributed by atoms with Crippen LogP contribution in [0.25, 0.3) is 0 Å². The van der Waals surface area contributed by atoms with Crippen LogP contribution in [0.4, 0.5) is 11.4 Å². The Morgan fingerprint density at radius 3 is 2.65 bits per heavy atom. The van der Waals surface area contributed by atoms with Gasteiger partial charge < -0.3 is 10.4 Å². The van der Waals surface area contributed by atoms with Gasteiger partial charge in [-0.1, -0.05) is 35.9 Å². The maximum atomic E-state index is 11.2. The number of benzene rings is 2. The minimum Gasteiger partial charge on any atom is -0.478 e. The SMILES string of the molecule is O=C(O)c1ccc([C@@H]2Nc3c(Cl)cc([N+](=O)[O-])cc3[C@@H]3C=CC[C@H]32)cc1. The van der Waals surface area contributed by atoms with Crippen molar-refractivity contribution >= 4 is 28.9 Å². The number of carbonyl (C=O) groups is 1. The second-order valence-corrected chi connectivity index (χ2v) is 6.96. The topological polar surface area (TPSA) is 92.5 Å². The smallest absolute Gasteiger partial charge is 0.335 e. The Labute approximate surface area is 154 Å². The predicted octanol–water partition coefficient (Wildman–Crippen LogP) is 4.77. The van der Waals surface area contributed by atoms with E-state index in [-0.39, 0.29) is 29.1 Å². The molecule has 0 fully saturated rings. The minimum atomic E-state index is -0.964.